The molecule has 17 nitrogen and oxygen atoms in total. The first-order chi connectivity index (χ1) is 44.1. The third-order valence-electron chi connectivity index (χ3n) is 17.2. The second kappa shape index (κ2) is 62.6. The molecule has 0 rings (SSSR count). The van der Waals surface area contributed by atoms with Gasteiger partial charge < -0.3 is 33.8 Å². The number of aliphatic hydroxyl groups excluding tert-OH is 1. The van der Waals surface area contributed by atoms with E-state index in [0.29, 0.717) is 31.6 Å². The lowest BCUT2D eigenvalue weighted by atomic mass is 10.00. The fourth-order valence-corrected chi connectivity index (χ4v) is 12.6. The van der Waals surface area contributed by atoms with E-state index in [9.17, 15) is 43.2 Å². The monoisotopic (exact) mass is 1350 g/mol. The largest absolute Gasteiger partial charge is 0.472 e. The molecule has 546 valence electrons. The molecular weight excluding hydrogens is 1210 g/mol. The number of esters is 4. The summed E-state index contributed by atoms with van der Waals surface area (Å²) < 4.78 is 68.3. The topological polar surface area (TPSA) is 237 Å². The molecule has 19 heteroatoms. The highest BCUT2D eigenvalue weighted by molar-refractivity contribution is 7.47. The SMILES string of the molecule is CCC(C)CCCCCCCCC(=O)OC[C@H](COP(=O)(O)OC[C@H](O)COP(=O)(O)OC[C@@H](COC(=O)CCCCCCCCCCCCCCCCC(C)C)OC(=O)CCCCCCCCCCCCCCCC(C)C)OC(=O)CCCCCCCCC(C)C. The highest BCUT2D eigenvalue weighted by Gasteiger charge is 2.30. The van der Waals surface area contributed by atoms with Crippen LogP contribution in [-0.2, 0) is 65.4 Å². The molecule has 6 atom stereocenters. The minimum absolute atomic E-state index is 0.101. The number of rotatable bonds is 70. The molecule has 0 aromatic heterocycles. The van der Waals surface area contributed by atoms with Gasteiger partial charge in [-0.3, -0.25) is 37.3 Å². The number of hydrogen-bond donors (Lipinski definition) is 3. The minimum atomic E-state index is -4.96. The summed E-state index contributed by atoms with van der Waals surface area (Å²) in [6.45, 7) is 14.1. The maximum absolute atomic E-state index is 13.1. The van der Waals surface area contributed by atoms with Gasteiger partial charge >= 0.3 is 39.5 Å². The molecule has 3 N–H and O–H groups in total. The predicted octanol–water partition coefficient (Wildman–Crippen LogP) is 20.9. The smallest absolute Gasteiger partial charge is 0.462 e. The molecule has 0 aliphatic carbocycles. The summed E-state index contributed by atoms with van der Waals surface area (Å²) in [7, 11) is -9.91. The van der Waals surface area contributed by atoms with Gasteiger partial charge in [-0.15, -0.1) is 0 Å². The molecule has 0 bridgehead atoms. The lowest BCUT2D eigenvalue weighted by Gasteiger charge is -2.21. The lowest BCUT2D eigenvalue weighted by molar-refractivity contribution is -0.161. The van der Waals surface area contributed by atoms with Crippen molar-refractivity contribution >= 4 is 39.5 Å². The molecule has 0 saturated heterocycles. The molecule has 0 aliphatic rings. The second-order valence-electron chi connectivity index (χ2n) is 28.0. The molecule has 0 aromatic rings. The van der Waals surface area contributed by atoms with E-state index in [1.54, 1.807) is 0 Å². The number of carbonyl (C=O) groups excluding carboxylic acids is 4. The Morgan fingerprint density at radius 3 is 0.772 bits per heavy atom. The molecule has 0 spiro atoms. The van der Waals surface area contributed by atoms with Gasteiger partial charge in [0, 0.05) is 25.7 Å². The van der Waals surface area contributed by atoms with Crippen LogP contribution in [0.15, 0.2) is 0 Å². The zero-order valence-electron chi connectivity index (χ0n) is 60.2. The summed E-state index contributed by atoms with van der Waals surface area (Å²) in [5.74, 6) is 0.856. The number of hydrogen-bond acceptors (Lipinski definition) is 15. The third kappa shape index (κ3) is 65.4. The van der Waals surface area contributed by atoms with Crippen molar-refractivity contribution in [2.75, 3.05) is 39.6 Å². The Morgan fingerprint density at radius 2 is 0.522 bits per heavy atom. The Kier molecular flexibility index (Phi) is 61.3. The number of phosphoric acid groups is 2. The molecule has 0 radical (unpaired) electrons. The van der Waals surface area contributed by atoms with Gasteiger partial charge in [-0.2, -0.15) is 0 Å². The van der Waals surface area contributed by atoms with Crippen molar-refractivity contribution in [3.8, 4) is 0 Å². The molecule has 0 heterocycles. The molecular formula is C73H142O17P2. The van der Waals surface area contributed by atoms with E-state index in [4.69, 9.17) is 37.0 Å². The third-order valence-corrected chi connectivity index (χ3v) is 19.1. The Labute approximate surface area is 562 Å². The first-order valence-electron chi connectivity index (χ1n) is 37.7. The molecule has 92 heavy (non-hydrogen) atoms. The Morgan fingerprint density at radius 1 is 0.304 bits per heavy atom. The van der Waals surface area contributed by atoms with E-state index in [1.165, 1.54) is 161 Å². The number of ether oxygens (including phenoxy) is 4. The van der Waals surface area contributed by atoms with Gasteiger partial charge in [0.15, 0.2) is 12.2 Å². The maximum Gasteiger partial charge on any atom is 0.472 e. The van der Waals surface area contributed by atoms with Crippen LogP contribution < -0.4 is 0 Å². The van der Waals surface area contributed by atoms with E-state index in [0.717, 1.165) is 114 Å². The van der Waals surface area contributed by atoms with Crippen molar-refractivity contribution in [2.45, 2.75) is 382 Å². The Balaban J connectivity index is 5.22. The van der Waals surface area contributed by atoms with Crippen LogP contribution in [0.1, 0.15) is 364 Å². The van der Waals surface area contributed by atoms with Crippen molar-refractivity contribution in [3.63, 3.8) is 0 Å². The van der Waals surface area contributed by atoms with Crippen LogP contribution in [0.3, 0.4) is 0 Å². The van der Waals surface area contributed by atoms with Gasteiger partial charge in [0.05, 0.1) is 26.4 Å². The van der Waals surface area contributed by atoms with Crippen molar-refractivity contribution in [2.24, 2.45) is 23.7 Å². The van der Waals surface area contributed by atoms with Gasteiger partial charge in [0.1, 0.15) is 19.3 Å². The summed E-state index contributed by atoms with van der Waals surface area (Å²) in [4.78, 5) is 72.6. The van der Waals surface area contributed by atoms with E-state index >= 15 is 0 Å². The molecule has 0 fully saturated rings. The van der Waals surface area contributed by atoms with Crippen LogP contribution in [0.4, 0.5) is 0 Å². The Hall–Kier alpha value is -1.94. The standard InChI is InChI=1S/C73H142O17P2/c1-9-66(8)52-44-36-30-32-38-46-54-71(76)84-60-69(90-73(78)56-48-40-31-29-35-43-51-65(6)7)62-88-92(81,82)86-58-67(74)57-85-91(79,80)87-61-68(89-72(77)55-47-39-28-24-20-16-12-14-18-22-26-34-42-50-64(4)5)59-83-70(75)53-45-37-27-23-19-15-11-10-13-17-21-25-33-41-49-63(2)3/h63-69,74H,9-62H2,1-8H3,(H,79,80)(H,81,82)/t66?,67-,68-,69-/m1/s1. The number of unbranched alkanes of at least 4 members (excludes halogenated alkanes) is 35. The molecule has 0 aliphatic heterocycles. The van der Waals surface area contributed by atoms with Crippen LogP contribution in [0.2, 0.25) is 0 Å². The van der Waals surface area contributed by atoms with Crippen LogP contribution in [-0.4, -0.2) is 96.7 Å². The zero-order valence-corrected chi connectivity index (χ0v) is 62.0. The minimum Gasteiger partial charge on any atom is -0.462 e. The quantitative estimate of drug-likeness (QED) is 0.0222. The summed E-state index contributed by atoms with van der Waals surface area (Å²) in [5.41, 5.74) is 0. The predicted molar refractivity (Wildman–Crippen MR) is 372 cm³/mol. The summed E-state index contributed by atoms with van der Waals surface area (Å²) >= 11 is 0. The van der Waals surface area contributed by atoms with Crippen molar-refractivity contribution in [1.29, 1.82) is 0 Å². The van der Waals surface area contributed by atoms with Gasteiger partial charge in [-0.1, -0.05) is 312 Å². The highest BCUT2D eigenvalue weighted by atomic mass is 31.2. The average molecular weight is 1350 g/mol. The van der Waals surface area contributed by atoms with Crippen LogP contribution in [0, 0.1) is 23.7 Å². The van der Waals surface area contributed by atoms with E-state index in [-0.39, 0.29) is 25.7 Å². The highest BCUT2D eigenvalue weighted by Crippen LogP contribution is 2.45. The number of carbonyl (C=O) groups is 4. The van der Waals surface area contributed by atoms with Gasteiger partial charge in [0.25, 0.3) is 0 Å². The van der Waals surface area contributed by atoms with E-state index < -0.39 is 97.5 Å². The molecule has 0 amide bonds. The fourth-order valence-electron chi connectivity index (χ4n) is 11.0. The van der Waals surface area contributed by atoms with Crippen molar-refractivity contribution in [1.82, 2.24) is 0 Å². The molecule has 3 unspecified atom stereocenters. The van der Waals surface area contributed by atoms with Crippen LogP contribution in [0.25, 0.3) is 0 Å². The summed E-state index contributed by atoms with van der Waals surface area (Å²) in [5, 5.41) is 10.6. The number of phosphoric ester groups is 2. The van der Waals surface area contributed by atoms with Crippen LogP contribution >= 0.6 is 15.6 Å². The van der Waals surface area contributed by atoms with Crippen LogP contribution in [0.5, 0.6) is 0 Å². The van der Waals surface area contributed by atoms with Crippen molar-refractivity contribution in [3.05, 3.63) is 0 Å². The maximum atomic E-state index is 13.1. The summed E-state index contributed by atoms with van der Waals surface area (Å²) in [6, 6.07) is 0. The van der Waals surface area contributed by atoms with Gasteiger partial charge in [-0.05, 0) is 49.4 Å². The number of aliphatic hydroxyl groups is 1. The molecule has 0 aromatic carbocycles. The first-order valence-corrected chi connectivity index (χ1v) is 40.7. The van der Waals surface area contributed by atoms with E-state index in [2.05, 4.69) is 55.4 Å². The normalized spacial score (nSPS) is 14.5. The lowest BCUT2D eigenvalue weighted by Crippen LogP contribution is -2.30. The second-order valence-corrected chi connectivity index (χ2v) is 30.9. The van der Waals surface area contributed by atoms with Crippen molar-refractivity contribution < 1.29 is 80.2 Å². The summed E-state index contributed by atoms with van der Waals surface area (Å²) in [6.07, 6.45) is 46.1. The average Bonchev–Trinajstić information content (AvgIpc) is 1.39. The van der Waals surface area contributed by atoms with E-state index in [1.807, 2.05) is 0 Å². The first kappa shape index (κ1) is 90.1. The van der Waals surface area contributed by atoms with Gasteiger partial charge in [-0.25, -0.2) is 9.13 Å². The fraction of sp³-hybridized carbons (Fsp3) is 0.945. The van der Waals surface area contributed by atoms with Gasteiger partial charge in [0.2, 0.25) is 0 Å². The molecule has 0 saturated carbocycles. The Bertz CT molecular complexity index is 1820. The zero-order chi connectivity index (χ0) is 68.2.